The van der Waals surface area contributed by atoms with E-state index in [1.807, 2.05) is 18.2 Å². The molecule has 2 aliphatic rings. The van der Waals surface area contributed by atoms with Gasteiger partial charge in [0.25, 0.3) is 5.91 Å². The van der Waals surface area contributed by atoms with Crippen molar-refractivity contribution in [2.45, 2.75) is 25.8 Å². The summed E-state index contributed by atoms with van der Waals surface area (Å²) in [6, 6.07) is 7.54. The van der Waals surface area contributed by atoms with E-state index >= 15 is 0 Å². The van der Waals surface area contributed by atoms with Crippen LogP contribution in [0.2, 0.25) is 0 Å². The summed E-state index contributed by atoms with van der Waals surface area (Å²) in [6.45, 7) is 2.86. The van der Waals surface area contributed by atoms with Gasteiger partial charge in [-0.1, -0.05) is 0 Å². The van der Waals surface area contributed by atoms with Gasteiger partial charge in [-0.05, 0) is 31.9 Å². The SMILES string of the molecule is Cc1nc(Nc2ccc3c(c2)OCCO3)cc(C(=O)NC2CC2)n1. The van der Waals surface area contributed by atoms with Crippen molar-refractivity contribution < 1.29 is 14.3 Å². The van der Waals surface area contributed by atoms with Gasteiger partial charge in [-0.2, -0.15) is 0 Å². The predicted octanol–water partition coefficient (Wildman–Crippen LogP) is 2.19. The van der Waals surface area contributed by atoms with Gasteiger partial charge in [0.05, 0.1) is 0 Å². The van der Waals surface area contributed by atoms with Crippen LogP contribution in [0.5, 0.6) is 11.5 Å². The molecule has 1 aromatic heterocycles. The number of carbonyl (C=O) groups excluding carboxylic acids is 1. The van der Waals surface area contributed by atoms with Crippen LogP contribution in [0.3, 0.4) is 0 Å². The van der Waals surface area contributed by atoms with Crippen molar-refractivity contribution in [3.05, 3.63) is 35.8 Å². The van der Waals surface area contributed by atoms with Crippen molar-refractivity contribution in [3.63, 3.8) is 0 Å². The molecule has 0 saturated heterocycles. The fraction of sp³-hybridized carbons (Fsp3) is 0.353. The van der Waals surface area contributed by atoms with E-state index in [0.29, 0.717) is 42.3 Å². The third-order valence-corrected chi connectivity index (χ3v) is 3.80. The molecule has 1 fully saturated rings. The van der Waals surface area contributed by atoms with Crippen LogP contribution < -0.4 is 20.1 Å². The fourth-order valence-electron chi connectivity index (χ4n) is 2.50. The van der Waals surface area contributed by atoms with Gasteiger partial charge in [0.1, 0.15) is 30.5 Å². The van der Waals surface area contributed by atoms with E-state index in [4.69, 9.17) is 9.47 Å². The van der Waals surface area contributed by atoms with Crippen molar-refractivity contribution in [2.75, 3.05) is 18.5 Å². The summed E-state index contributed by atoms with van der Waals surface area (Å²) in [4.78, 5) is 20.7. The molecule has 24 heavy (non-hydrogen) atoms. The predicted molar refractivity (Wildman–Crippen MR) is 88.0 cm³/mol. The standard InChI is InChI=1S/C17H18N4O3/c1-10-18-13(17(22)21-11-2-3-11)9-16(19-10)20-12-4-5-14-15(8-12)24-7-6-23-14/h4-5,8-9,11H,2-3,6-7H2,1H3,(H,21,22)(H,18,19,20). The molecule has 1 aromatic carbocycles. The number of fused-ring (bicyclic) bond motifs is 1. The first-order valence-corrected chi connectivity index (χ1v) is 8.00. The van der Waals surface area contributed by atoms with Crippen molar-refractivity contribution in [1.29, 1.82) is 0 Å². The van der Waals surface area contributed by atoms with E-state index < -0.39 is 0 Å². The van der Waals surface area contributed by atoms with E-state index in [0.717, 1.165) is 24.3 Å². The average Bonchev–Trinajstić information content (AvgIpc) is 3.38. The van der Waals surface area contributed by atoms with Gasteiger partial charge in [0.15, 0.2) is 11.5 Å². The Morgan fingerprint density at radius 3 is 2.71 bits per heavy atom. The first-order valence-electron chi connectivity index (χ1n) is 8.00. The van der Waals surface area contributed by atoms with Gasteiger partial charge < -0.3 is 20.1 Å². The Morgan fingerprint density at radius 1 is 1.12 bits per heavy atom. The molecule has 2 N–H and O–H groups in total. The quantitative estimate of drug-likeness (QED) is 0.896. The van der Waals surface area contributed by atoms with Crippen molar-refractivity contribution >= 4 is 17.4 Å². The lowest BCUT2D eigenvalue weighted by atomic mass is 10.2. The lowest BCUT2D eigenvalue weighted by Gasteiger charge is -2.19. The van der Waals surface area contributed by atoms with Crippen molar-refractivity contribution in [1.82, 2.24) is 15.3 Å². The number of rotatable bonds is 4. The Morgan fingerprint density at radius 2 is 1.92 bits per heavy atom. The summed E-state index contributed by atoms with van der Waals surface area (Å²) in [5, 5.41) is 6.13. The second-order valence-corrected chi connectivity index (χ2v) is 5.92. The molecule has 0 atom stereocenters. The van der Waals surface area contributed by atoms with Gasteiger partial charge in [-0.3, -0.25) is 4.79 Å². The summed E-state index contributed by atoms with van der Waals surface area (Å²) in [5.74, 6) is 2.38. The van der Waals surface area contributed by atoms with Gasteiger partial charge in [-0.25, -0.2) is 9.97 Å². The van der Waals surface area contributed by atoms with E-state index in [2.05, 4.69) is 20.6 Å². The Kier molecular flexibility index (Phi) is 3.68. The van der Waals surface area contributed by atoms with Gasteiger partial charge in [-0.15, -0.1) is 0 Å². The number of ether oxygens (including phenoxy) is 2. The van der Waals surface area contributed by atoms with Crippen LogP contribution in [0.1, 0.15) is 29.2 Å². The average molecular weight is 326 g/mol. The zero-order valence-electron chi connectivity index (χ0n) is 13.3. The highest BCUT2D eigenvalue weighted by Crippen LogP contribution is 2.33. The van der Waals surface area contributed by atoms with E-state index in [-0.39, 0.29) is 5.91 Å². The Labute approximate surface area is 139 Å². The molecule has 0 spiro atoms. The smallest absolute Gasteiger partial charge is 0.270 e. The lowest BCUT2D eigenvalue weighted by Crippen LogP contribution is -2.26. The molecule has 2 heterocycles. The molecule has 1 saturated carbocycles. The largest absolute Gasteiger partial charge is 0.486 e. The van der Waals surface area contributed by atoms with Crippen LogP contribution >= 0.6 is 0 Å². The summed E-state index contributed by atoms with van der Waals surface area (Å²) >= 11 is 0. The first kappa shape index (κ1) is 14.7. The third-order valence-electron chi connectivity index (χ3n) is 3.80. The molecule has 0 bridgehead atoms. The minimum absolute atomic E-state index is 0.159. The molecule has 1 amide bonds. The number of benzene rings is 1. The number of anilines is 2. The minimum Gasteiger partial charge on any atom is -0.486 e. The normalized spacial score (nSPS) is 15.7. The lowest BCUT2D eigenvalue weighted by molar-refractivity contribution is 0.0945. The second-order valence-electron chi connectivity index (χ2n) is 5.92. The van der Waals surface area contributed by atoms with Gasteiger partial charge in [0, 0.05) is 23.9 Å². The summed E-state index contributed by atoms with van der Waals surface area (Å²) in [5.41, 5.74) is 1.18. The van der Waals surface area contributed by atoms with Crippen molar-refractivity contribution in [2.24, 2.45) is 0 Å². The second kappa shape index (κ2) is 5.99. The zero-order valence-corrected chi connectivity index (χ0v) is 13.3. The van der Waals surface area contributed by atoms with Crippen LogP contribution in [0.25, 0.3) is 0 Å². The minimum atomic E-state index is -0.159. The third kappa shape index (κ3) is 3.24. The molecular formula is C17H18N4O3. The maximum atomic E-state index is 12.2. The van der Waals surface area contributed by atoms with Crippen LogP contribution in [0.15, 0.2) is 24.3 Å². The Hall–Kier alpha value is -2.83. The van der Waals surface area contributed by atoms with Crippen LogP contribution in [-0.4, -0.2) is 35.1 Å². The molecule has 1 aliphatic carbocycles. The van der Waals surface area contributed by atoms with Crippen LogP contribution in [0.4, 0.5) is 11.5 Å². The first-order chi connectivity index (χ1) is 11.7. The van der Waals surface area contributed by atoms with Crippen LogP contribution in [0, 0.1) is 6.92 Å². The van der Waals surface area contributed by atoms with E-state index in [1.165, 1.54) is 0 Å². The monoisotopic (exact) mass is 326 g/mol. The van der Waals surface area contributed by atoms with Gasteiger partial charge in [0.2, 0.25) is 0 Å². The van der Waals surface area contributed by atoms with Crippen LogP contribution in [-0.2, 0) is 0 Å². The maximum absolute atomic E-state index is 12.2. The zero-order chi connectivity index (χ0) is 16.5. The summed E-state index contributed by atoms with van der Waals surface area (Å²) in [7, 11) is 0. The molecule has 0 radical (unpaired) electrons. The topological polar surface area (TPSA) is 85.4 Å². The highest BCUT2D eigenvalue weighted by molar-refractivity contribution is 5.93. The number of aromatic nitrogens is 2. The number of nitrogens with zero attached hydrogens (tertiary/aromatic N) is 2. The molecule has 0 unspecified atom stereocenters. The number of nitrogens with one attached hydrogen (secondary N) is 2. The highest BCUT2D eigenvalue weighted by atomic mass is 16.6. The molecule has 7 nitrogen and oxygen atoms in total. The summed E-state index contributed by atoms with van der Waals surface area (Å²) in [6.07, 6.45) is 2.08. The number of carbonyl (C=O) groups is 1. The molecule has 1 aliphatic heterocycles. The molecular weight excluding hydrogens is 308 g/mol. The number of amides is 1. The van der Waals surface area contributed by atoms with Gasteiger partial charge >= 0.3 is 0 Å². The molecule has 7 heteroatoms. The molecule has 2 aromatic rings. The Balaban J connectivity index is 1.55. The maximum Gasteiger partial charge on any atom is 0.270 e. The molecule has 124 valence electrons. The highest BCUT2D eigenvalue weighted by Gasteiger charge is 2.24. The van der Waals surface area contributed by atoms with Crippen molar-refractivity contribution in [3.8, 4) is 11.5 Å². The number of hydrogen-bond acceptors (Lipinski definition) is 6. The molecule has 4 rings (SSSR count). The Bertz CT molecular complexity index is 789. The van der Waals surface area contributed by atoms with E-state index in [1.54, 1.807) is 13.0 Å². The van der Waals surface area contributed by atoms with E-state index in [9.17, 15) is 4.79 Å². The number of aryl methyl sites for hydroxylation is 1. The summed E-state index contributed by atoms with van der Waals surface area (Å²) < 4.78 is 11.1. The number of hydrogen-bond donors (Lipinski definition) is 2. The fourth-order valence-corrected chi connectivity index (χ4v) is 2.50.